The normalized spacial score (nSPS) is 12.2. The van der Waals surface area contributed by atoms with Gasteiger partial charge in [0.05, 0.1) is 0 Å². The molecular weight excluding hydrogens is 162 g/mol. The largest absolute Gasteiger partial charge is 0.330 e. The Labute approximate surface area is 80.9 Å². The van der Waals surface area contributed by atoms with Crippen LogP contribution in [0, 0.1) is 5.92 Å². The van der Waals surface area contributed by atoms with Gasteiger partial charge in [-0.05, 0) is 24.9 Å². The van der Waals surface area contributed by atoms with Crippen LogP contribution in [0.1, 0.15) is 27.2 Å². The standard InChI is InChI=1S/C9H17N3.CH4/c1-2-9(4-5-10)8-12-7-3-6-11-12;/h3,6-7,9H,2,4-5,8,10H2,1H3;1H4. The lowest BCUT2D eigenvalue weighted by molar-refractivity contribution is 0.387. The Balaban J connectivity index is 0.00000144. The second kappa shape index (κ2) is 6.66. The van der Waals surface area contributed by atoms with Gasteiger partial charge < -0.3 is 5.73 Å². The lowest BCUT2D eigenvalue weighted by Crippen LogP contribution is -2.14. The average Bonchev–Trinajstić information content (AvgIpc) is 2.56. The van der Waals surface area contributed by atoms with E-state index in [9.17, 15) is 0 Å². The zero-order chi connectivity index (χ0) is 8.81. The summed E-state index contributed by atoms with van der Waals surface area (Å²) in [6.45, 7) is 3.98. The van der Waals surface area contributed by atoms with Crippen molar-refractivity contribution in [1.82, 2.24) is 9.78 Å². The van der Waals surface area contributed by atoms with E-state index in [1.165, 1.54) is 6.42 Å². The van der Waals surface area contributed by atoms with Crippen LogP contribution in [0.4, 0.5) is 0 Å². The molecule has 0 bridgehead atoms. The van der Waals surface area contributed by atoms with Crippen LogP contribution in [0.3, 0.4) is 0 Å². The van der Waals surface area contributed by atoms with Crippen molar-refractivity contribution >= 4 is 0 Å². The average molecular weight is 183 g/mol. The van der Waals surface area contributed by atoms with Crippen molar-refractivity contribution in [2.24, 2.45) is 11.7 Å². The van der Waals surface area contributed by atoms with Crippen LogP contribution < -0.4 is 5.73 Å². The van der Waals surface area contributed by atoms with Crippen molar-refractivity contribution in [2.45, 2.75) is 33.7 Å². The smallest absolute Gasteiger partial charge is 0.0489 e. The molecule has 3 nitrogen and oxygen atoms in total. The predicted molar refractivity (Wildman–Crippen MR) is 56.4 cm³/mol. The second-order valence-corrected chi connectivity index (χ2v) is 3.08. The van der Waals surface area contributed by atoms with Gasteiger partial charge in [0.1, 0.15) is 0 Å². The molecular formula is C10H21N3. The van der Waals surface area contributed by atoms with Gasteiger partial charge in [0.15, 0.2) is 0 Å². The first-order valence-electron chi connectivity index (χ1n) is 4.54. The van der Waals surface area contributed by atoms with Crippen LogP contribution >= 0.6 is 0 Å². The third-order valence-corrected chi connectivity index (χ3v) is 2.16. The van der Waals surface area contributed by atoms with Crippen molar-refractivity contribution in [1.29, 1.82) is 0 Å². The summed E-state index contributed by atoms with van der Waals surface area (Å²) in [5, 5.41) is 4.16. The highest BCUT2D eigenvalue weighted by molar-refractivity contribution is 4.78. The maximum atomic E-state index is 5.50. The predicted octanol–water partition coefficient (Wildman–Crippen LogP) is 1.89. The Morgan fingerprint density at radius 2 is 2.31 bits per heavy atom. The maximum Gasteiger partial charge on any atom is 0.0489 e. The van der Waals surface area contributed by atoms with E-state index in [1.54, 1.807) is 0 Å². The number of aromatic nitrogens is 2. The van der Waals surface area contributed by atoms with Crippen molar-refractivity contribution in [3.8, 4) is 0 Å². The molecule has 76 valence electrons. The molecule has 0 saturated heterocycles. The van der Waals surface area contributed by atoms with Crippen LogP contribution in [0.2, 0.25) is 0 Å². The molecule has 13 heavy (non-hydrogen) atoms. The summed E-state index contributed by atoms with van der Waals surface area (Å²) < 4.78 is 1.98. The summed E-state index contributed by atoms with van der Waals surface area (Å²) in [6.07, 6.45) is 6.09. The molecule has 1 heterocycles. The minimum atomic E-state index is 0. The van der Waals surface area contributed by atoms with Crippen LogP contribution in [-0.4, -0.2) is 16.3 Å². The fourth-order valence-corrected chi connectivity index (χ4v) is 1.33. The fraction of sp³-hybridized carbons (Fsp3) is 0.700. The van der Waals surface area contributed by atoms with Crippen LogP contribution in [0.5, 0.6) is 0 Å². The molecule has 1 atom stereocenters. The van der Waals surface area contributed by atoms with E-state index in [4.69, 9.17) is 5.73 Å². The monoisotopic (exact) mass is 183 g/mol. The van der Waals surface area contributed by atoms with E-state index in [0.29, 0.717) is 5.92 Å². The number of nitrogens with two attached hydrogens (primary N) is 1. The van der Waals surface area contributed by atoms with Gasteiger partial charge in [0, 0.05) is 18.9 Å². The van der Waals surface area contributed by atoms with E-state index in [0.717, 1.165) is 19.5 Å². The third-order valence-electron chi connectivity index (χ3n) is 2.16. The quantitative estimate of drug-likeness (QED) is 0.757. The molecule has 0 radical (unpaired) electrons. The SMILES string of the molecule is C.CCC(CCN)Cn1cccn1. The Bertz CT molecular complexity index is 194. The molecule has 1 rings (SSSR count). The first-order chi connectivity index (χ1) is 5.86. The molecule has 1 unspecified atom stereocenters. The molecule has 2 N–H and O–H groups in total. The molecule has 3 heteroatoms. The topological polar surface area (TPSA) is 43.8 Å². The van der Waals surface area contributed by atoms with Crippen molar-refractivity contribution in [3.05, 3.63) is 18.5 Å². The van der Waals surface area contributed by atoms with Crippen LogP contribution in [0.15, 0.2) is 18.5 Å². The van der Waals surface area contributed by atoms with E-state index in [2.05, 4.69) is 12.0 Å². The number of hydrogen-bond donors (Lipinski definition) is 1. The molecule has 0 amide bonds. The molecule has 1 aromatic heterocycles. The minimum Gasteiger partial charge on any atom is -0.330 e. The van der Waals surface area contributed by atoms with Gasteiger partial charge in [0.2, 0.25) is 0 Å². The Kier molecular flexibility index (Phi) is 6.24. The highest BCUT2D eigenvalue weighted by atomic mass is 15.3. The first kappa shape index (κ1) is 12.2. The molecule has 0 aromatic carbocycles. The van der Waals surface area contributed by atoms with Gasteiger partial charge in [-0.3, -0.25) is 4.68 Å². The summed E-state index contributed by atoms with van der Waals surface area (Å²) in [7, 11) is 0. The van der Waals surface area contributed by atoms with Crippen LogP contribution in [0.25, 0.3) is 0 Å². The fourth-order valence-electron chi connectivity index (χ4n) is 1.33. The van der Waals surface area contributed by atoms with Gasteiger partial charge in [-0.15, -0.1) is 0 Å². The Morgan fingerprint density at radius 3 is 2.77 bits per heavy atom. The van der Waals surface area contributed by atoms with Gasteiger partial charge in [-0.25, -0.2) is 0 Å². The molecule has 0 aliphatic heterocycles. The summed E-state index contributed by atoms with van der Waals surface area (Å²) in [5.74, 6) is 0.676. The highest BCUT2D eigenvalue weighted by Gasteiger charge is 2.05. The van der Waals surface area contributed by atoms with Gasteiger partial charge in [0.25, 0.3) is 0 Å². The van der Waals surface area contributed by atoms with Crippen LogP contribution in [-0.2, 0) is 6.54 Å². The minimum absolute atomic E-state index is 0. The van der Waals surface area contributed by atoms with E-state index >= 15 is 0 Å². The van der Waals surface area contributed by atoms with E-state index in [1.807, 2.05) is 23.1 Å². The van der Waals surface area contributed by atoms with Gasteiger partial charge in [-0.2, -0.15) is 5.10 Å². The lowest BCUT2D eigenvalue weighted by Gasteiger charge is -2.12. The Morgan fingerprint density at radius 1 is 1.54 bits per heavy atom. The first-order valence-corrected chi connectivity index (χ1v) is 4.54. The van der Waals surface area contributed by atoms with E-state index in [-0.39, 0.29) is 7.43 Å². The number of rotatable bonds is 5. The summed E-state index contributed by atoms with van der Waals surface area (Å²) in [5.41, 5.74) is 5.50. The third kappa shape index (κ3) is 4.08. The van der Waals surface area contributed by atoms with E-state index < -0.39 is 0 Å². The molecule has 0 saturated carbocycles. The maximum absolute atomic E-state index is 5.50. The molecule has 1 aromatic rings. The zero-order valence-electron chi connectivity index (χ0n) is 7.61. The van der Waals surface area contributed by atoms with Gasteiger partial charge in [-0.1, -0.05) is 20.8 Å². The number of hydrogen-bond acceptors (Lipinski definition) is 2. The summed E-state index contributed by atoms with van der Waals surface area (Å²) in [4.78, 5) is 0. The number of nitrogens with zero attached hydrogens (tertiary/aromatic N) is 2. The second-order valence-electron chi connectivity index (χ2n) is 3.08. The van der Waals surface area contributed by atoms with Gasteiger partial charge >= 0.3 is 0 Å². The van der Waals surface area contributed by atoms with Crippen molar-refractivity contribution in [2.75, 3.05) is 6.54 Å². The molecule has 0 spiro atoms. The molecule has 0 aliphatic rings. The highest BCUT2D eigenvalue weighted by Crippen LogP contribution is 2.09. The molecule has 0 fully saturated rings. The zero-order valence-corrected chi connectivity index (χ0v) is 7.61. The lowest BCUT2D eigenvalue weighted by atomic mass is 10.0. The molecule has 0 aliphatic carbocycles. The summed E-state index contributed by atoms with van der Waals surface area (Å²) in [6, 6.07) is 1.95. The Hall–Kier alpha value is -0.830. The van der Waals surface area contributed by atoms with Crippen molar-refractivity contribution in [3.63, 3.8) is 0 Å². The van der Waals surface area contributed by atoms with Crippen molar-refractivity contribution < 1.29 is 0 Å². The summed E-state index contributed by atoms with van der Waals surface area (Å²) >= 11 is 0.